The Kier molecular flexibility index (Phi) is 3.46. The van der Waals surface area contributed by atoms with E-state index in [9.17, 15) is 0 Å². The molecule has 0 amide bonds. The molecule has 104 valence electrons. The Balaban J connectivity index is 1.83. The summed E-state index contributed by atoms with van der Waals surface area (Å²) in [6.07, 6.45) is 0. The number of aliphatic imine (C=N–C) groups is 1. The normalized spacial score (nSPS) is 17.9. The van der Waals surface area contributed by atoms with E-state index < -0.39 is 0 Å². The number of likely N-dealkylation sites (N-methyl/N-ethyl adjacent to an activating group) is 1. The van der Waals surface area contributed by atoms with E-state index in [4.69, 9.17) is 10.5 Å². The zero-order chi connectivity index (χ0) is 13.9. The van der Waals surface area contributed by atoms with Gasteiger partial charge in [0.25, 0.3) is 6.02 Å². The van der Waals surface area contributed by atoms with Crippen LogP contribution in [-0.4, -0.2) is 31.8 Å². The Morgan fingerprint density at radius 2 is 2.05 bits per heavy atom. The van der Waals surface area contributed by atoms with Gasteiger partial charge in [-0.1, -0.05) is 30.3 Å². The highest BCUT2D eigenvalue weighted by Gasteiger charge is 2.19. The molecule has 3 rings (SSSR count). The maximum absolute atomic E-state index is 5.56. The summed E-state index contributed by atoms with van der Waals surface area (Å²) in [5.41, 5.74) is 6.78. The molecule has 1 atom stereocenters. The van der Waals surface area contributed by atoms with Crippen LogP contribution in [0.5, 0.6) is 0 Å². The third kappa shape index (κ3) is 2.54. The van der Waals surface area contributed by atoms with Crippen molar-refractivity contribution in [2.45, 2.75) is 13.0 Å². The van der Waals surface area contributed by atoms with Crippen molar-refractivity contribution in [3.05, 3.63) is 42.5 Å². The summed E-state index contributed by atoms with van der Waals surface area (Å²) in [7, 11) is 0. The average molecular weight is 269 g/mol. The Bertz CT molecular complexity index is 638. The molecule has 2 aromatic rings. The average Bonchev–Trinajstić information content (AvgIpc) is 2.89. The highest BCUT2D eigenvalue weighted by molar-refractivity contribution is 5.85. The summed E-state index contributed by atoms with van der Waals surface area (Å²) < 4.78 is 5.22. The predicted molar refractivity (Wildman–Crippen MR) is 83.2 cm³/mol. The van der Waals surface area contributed by atoms with Gasteiger partial charge in [0.15, 0.2) is 0 Å². The number of nitrogens with two attached hydrogens (primary N) is 1. The standard InChI is InChI=1S/C16H19N3O/c1-2-19(10-14-11-20-16(17)18-14)15-8-7-12-5-3-4-6-13(12)9-15/h3-9,14H,2,10-11H2,1H3,(H2,17,18)/t14-/m1/s1. The predicted octanol–water partition coefficient (Wildman–Crippen LogP) is 2.38. The molecule has 1 heterocycles. The number of fused-ring (bicyclic) bond motifs is 1. The van der Waals surface area contributed by atoms with Gasteiger partial charge in [-0.2, -0.15) is 0 Å². The number of benzene rings is 2. The van der Waals surface area contributed by atoms with Crippen molar-refractivity contribution in [3.8, 4) is 0 Å². The second-order valence-corrected chi connectivity index (χ2v) is 5.00. The second-order valence-electron chi connectivity index (χ2n) is 5.00. The van der Waals surface area contributed by atoms with Gasteiger partial charge in [-0.3, -0.25) is 0 Å². The first-order valence-corrected chi connectivity index (χ1v) is 6.96. The van der Waals surface area contributed by atoms with Crippen molar-refractivity contribution < 1.29 is 4.74 Å². The molecule has 4 heteroatoms. The van der Waals surface area contributed by atoms with Crippen molar-refractivity contribution in [3.63, 3.8) is 0 Å². The minimum Gasteiger partial charge on any atom is -0.463 e. The SMILES string of the molecule is CCN(C[C@@H]1COC(N)=N1)c1ccc2ccccc2c1. The first-order valence-electron chi connectivity index (χ1n) is 6.96. The molecule has 0 saturated carbocycles. The van der Waals surface area contributed by atoms with Crippen molar-refractivity contribution in [2.75, 3.05) is 24.6 Å². The van der Waals surface area contributed by atoms with Crippen molar-refractivity contribution in [1.29, 1.82) is 0 Å². The lowest BCUT2D eigenvalue weighted by atomic mass is 10.1. The fourth-order valence-electron chi connectivity index (χ4n) is 2.57. The van der Waals surface area contributed by atoms with Crippen LogP contribution in [0.15, 0.2) is 47.5 Å². The van der Waals surface area contributed by atoms with E-state index in [0.717, 1.165) is 13.1 Å². The molecule has 0 unspecified atom stereocenters. The molecule has 2 N–H and O–H groups in total. The van der Waals surface area contributed by atoms with Gasteiger partial charge >= 0.3 is 0 Å². The molecule has 0 radical (unpaired) electrons. The lowest BCUT2D eigenvalue weighted by Crippen LogP contribution is -2.32. The molecule has 0 saturated heterocycles. The molecule has 4 nitrogen and oxygen atoms in total. The molecule has 0 bridgehead atoms. The largest absolute Gasteiger partial charge is 0.463 e. The van der Waals surface area contributed by atoms with Crippen LogP contribution in [-0.2, 0) is 4.74 Å². The van der Waals surface area contributed by atoms with Crippen molar-refractivity contribution >= 4 is 22.5 Å². The highest BCUT2D eigenvalue weighted by Crippen LogP contribution is 2.22. The van der Waals surface area contributed by atoms with E-state index in [0.29, 0.717) is 12.6 Å². The van der Waals surface area contributed by atoms with Gasteiger partial charge in [-0.15, -0.1) is 0 Å². The van der Waals surface area contributed by atoms with Crippen LogP contribution in [0.3, 0.4) is 0 Å². The van der Waals surface area contributed by atoms with Gasteiger partial charge in [0.05, 0.1) is 0 Å². The molecule has 0 spiro atoms. The minimum atomic E-state index is 0.126. The molecular formula is C16H19N3O. The van der Waals surface area contributed by atoms with Crippen LogP contribution in [0.4, 0.5) is 5.69 Å². The summed E-state index contributed by atoms with van der Waals surface area (Å²) in [5.74, 6) is 0. The molecule has 1 aliphatic rings. The van der Waals surface area contributed by atoms with Crippen LogP contribution in [0, 0.1) is 0 Å². The van der Waals surface area contributed by atoms with Crippen LogP contribution >= 0.6 is 0 Å². The van der Waals surface area contributed by atoms with Crippen LogP contribution < -0.4 is 10.6 Å². The molecule has 0 fully saturated rings. The van der Waals surface area contributed by atoms with Crippen LogP contribution in [0.1, 0.15) is 6.92 Å². The number of anilines is 1. The Hall–Kier alpha value is -2.23. The highest BCUT2D eigenvalue weighted by atomic mass is 16.5. The van der Waals surface area contributed by atoms with Gasteiger partial charge in [-0.05, 0) is 29.8 Å². The third-order valence-electron chi connectivity index (χ3n) is 3.64. The van der Waals surface area contributed by atoms with Gasteiger partial charge in [0, 0.05) is 18.8 Å². The molecule has 20 heavy (non-hydrogen) atoms. The fraction of sp³-hybridized carbons (Fsp3) is 0.312. The molecular weight excluding hydrogens is 250 g/mol. The number of amidine groups is 1. The van der Waals surface area contributed by atoms with E-state index in [1.54, 1.807) is 0 Å². The number of hydrogen-bond donors (Lipinski definition) is 1. The van der Waals surface area contributed by atoms with E-state index >= 15 is 0 Å². The molecule has 0 aromatic heterocycles. The van der Waals surface area contributed by atoms with E-state index in [2.05, 4.69) is 59.3 Å². The van der Waals surface area contributed by atoms with Crippen LogP contribution in [0.25, 0.3) is 10.8 Å². The van der Waals surface area contributed by atoms with Gasteiger partial charge < -0.3 is 15.4 Å². The maximum Gasteiger partial charge on any atom is 0.282 e. The van der Waals surface area contributed by atoms with E-state index in [1.807, 2.05) is 0 Å². The quantitative estimate of drug-likeness (QED) is 0.927. The Morgan fingerprint density at radius 1 is 1.25 bits per heavy atom. The second kappa shape index (κ2) is 5.41. The fourth-order valence-corrected chi connectivity index (χ4v) is 2.57. The third-order valence-corrected chi connectivity index (χ3v) is 3.64. The summed E-state index contributed by atoms with van der Waals surface area (Å²) >= 11 is 0. The molecule has 1 aliphatic heterocycles. The van der Waals surface area contributed by atoms with Gasteiger partial charge in [-0.25, -0.2) is 4.99 Å². The lowest BCUT2D eigenvalue weighted by Gasteiger charge is -2.25. The van der Waals surface area contributed by atoms with E-state index in [1.165, 1.54) is 16.5 Å². The summed E-state index contributed by atoms with van der Waals surface area (Å²) in [5, 5.41) is 2.52. The topological polar surface area (TPSA) is 50.9 Å². The van der Waals surface area contributed by atoms with Crippen LogP contribution in [0.2, 0.25) is 0 Å². The monoisotopic (exact) mass is 269 g/mol. The number of ether oxygens (including phenoxy) is 1. The Labute approximate surface area is 118 Å². The number of nitrogens with zero attached hydrogens (tertiary/aromatic N) is 2. The summed E-state index contributed by atoms with van der Waals surface area (Å²) in [6, 6.07) is 15.4. The van der Waals surface area contributed by atoms with Gasteiger partial charge in [0.2, 0.25) is 0 Å². The summed E-state index contributed by atoms with van der Waals surface area (Å²) in [6.45, 7) is 4.49. The lowest BCUT2D eigenvalue weighted by molar-refractivity contribution is 0.313. The molecule has 2 aromatic carbocycles. The maximum atomic E-state index is 5.56. The first-order chi connectivity index (χ1) is 9.76. The number of hydrogen-bond acceptors (Lipinski definition) is 4. The van der Waals surface area contributed by atoms with Gasteiger partial charge in [0.1, 0.15) is 12.6 Å². The molecule has 0 aliphatic carbocycles. The van der Waals surface area contributed by atoms with Crippen molar-refractivity contribution in [2.24, 2.45) is 10.7 Å². The Morgan fingerprint density at radius 3 is 2.75 bits per heavy atom. The zero-order valence-corrected chi connectivity index (χ0v) is 11.6. The number of rotatable bonds is 4. The van der Waals surface area contributed by atoms with Crippen molar-refractivity contribution in [1.82, 2.24) is 0 Å². The smallest absolute Gasteiger partial charge is 0.282 e. The first kappa shape index (κ1) is 12.8. The summed E-state index contributed by atoms with van der Waals surface area (Å²) in [4.78, 5) is 6.60. The zero-order valence-electron chi connectivity index (χ0n) is 11.6. The minimum absolute atomic E-state index is 0.126. The van der Waals surface area contributed by atoms with E-state index in [-0.39, 0.29) is 6.04 Å².